The van der Waals surface area contributed by atoms with Crippen LogP contribution >= 0.6 is 11.3 Å². The first-order valence-electron chi connectivity index (χ1n) is 7.92. The van der Waals surface area contributed by atoms with Crippen LogP contribution in [0.5, 0.6) is 10.9 Å². The van der Waals surface area contributed by atoms with E-state index in [1.165, 1.54) is 24.0 Å². The normalized spacial score (nSPS) is 24.5. The van der Waals surface area contributed by atoms with Gasteiger partial charge in [0, 0.05) is 23.7 Å². The van der Waals surface area contributed by atoms with Crippen LogP contribution in [0.15, 0.2) is 30.5 Å². The molecule has 2 aliphatic rings. The Morgan fingerprint density at radius 3 is 2.83 bits per heavy atom. The number of rotatable bonds is 4. The van der Waals surface area contributed by atoms with Crippen LogP contribution in [-0.4, -0.2) is 29.0 Å². The van der Waals surface area contributed by atoms with Gasteiger partial charge < -0.3 is 15.4 Å². The third-order valence-electron chi connectivity index (χ3n) is 4.53. The van der Waals surface area contributed by atoms with Gasteiger partial charge in [-0.2, -0.15) is 5.26 Å². The molecule has 2 N–H and O–H groups in total. The molecule has 3 heterocycles. The van der Waals surface area contributed by atoms with Gasteiger partial charge in [-0.05, 0) is 43.5 Å². The Balaban J connectivity index is 1.38. The fourth-order valence-corrected chi connectivity index (χ4v) is 3.95. The van der Waals surface area contributed by atoms with Gasteiger partial charge in [0.2, 0.25) is 0 Å². The number of aromatic nitrogens is 1. The van der Waals surface area contributed by atoms with Crippen molar-refractivity contribution < 1.29 is 9.53 Å². The lowest BCUT2D eigenvalue weighted by molar-refractivity contribution is 0.0931. The van der Waals surface area contributed by atoms with E-state index in [4.69, 9.17) is 10.00 Å². The first kappa shape index (κ1) is 15.1. The molecule has 0 saturated carbocycles. The number of carbonyl (C=O) groups is 1. The fourth-order valence-electron chi connectivity index (χ4n) is 3.37. The van der Waals surface area contributed by atoms with Crippen molar-refractivity contribution in [1.29, 1.82) is 5.26 Å². The summed E-state index contributed by atoms with van der Waals surface area (Å²) in [4.78, 5) is 16.9. The summed E-state index contributed by atoms with van der Waals surface area (Å²) in [7, 11) is 0. The van der Waals surface area contributed by atoms with Crippen molar-refractivity contribution in [1.82, 2.24) is 15.6 Å². The second kappa shape index (κ2) is 6.23. The quantitative estimate of drug-likeness (QED) is 0.892. The van der Waals surface area contributed by atoms with Crippen LogP contribution < -0.4 is 15.4 Å². The van der Waals surface area contributed by atoms with Gasteiger partial charge in [0.05, 0.1) is 6.20 Å². The molecule has 0 spiro atoms. The third-order valence-corrected chi connectivity index (χ3v) is 5.31. The van der Waals surface area contributed by atoms with E-state index < -0.39 is 0 Å². The molecular weight excluding hydrogens is 324 g/mol. The molecule has 0 radical (unpaired) electrons. The number of benzene rings is 1. The number of ether oxygens (including phenoxy) is 1. The van der Waals surface area contributed by atoms with Crippen molar-refractivity contribution in [2.24, 2.45) is 0 Å². The minimum absolute atomic E-state index is 0.0538. The van der Waals surface area contributed by atoms with Gasteiger partial charge in [-0.15, -0.1) is 0 Å². The summed E-state index contributed by atoms with van der Waals surface area (Å²) in [5.41, 5.74) is 0.613. The number of hydrogen-bond acceptors (Lipinski definition) is 6. The third kappa shape index (κ3) is 2.98. The highest BCUT2D eigenvalue weighted by Gasteiger charge is 2.39. The van der Waals surface area contributed by atoms with Crippen LogP contribution in [0.1, 0.15) is 34.5 Å². The molecule has 122 valence electrons. The van der Waals surface area contributed by atoms with Crippen LogP contribution in [-0.2, 0) is 0 Å². The molecule has 2 saturated heterocycles. The van der Waals surface area contributed by atoms with E-state index in [-0.39, 0.29) is 11.9 Å². The number of nitriles is 1. The lowest BCUT2D eigenvalue weighted by Crippen LogP contribution is -2.42. The van der Waals surface area contributed by atoms with E-state index in [1.807, 2.05) is 6.07 Å². The lowest BCUT2D eigenvalue weighted by atomic mass is 9.95. The maximum atomic E-state index is 12.4. The van der Waals surface area contributed by atoms with E-state index in [0.717, 1.165) is 12.8 Å². The first-order valence-corrected chi connectivity index (χ1v) is 8.73. The molecule has 2 fully saturated rings. The van der Waals surface area contributed by atoms with E-state index in [1.54, 1.807) is 24.3 Å². The van der Waals surface area contributed by atoms with Gasteiger partial charge in [0.15, 0.2) is 0 Å². The average molecular weight is 340 g/mol. The highest BCUT2D eigenvalue weighted by atomic mass is 32.1. The number of thiazole rings is 1. The van der Waals surface area contributed by atoms with E-state index in [0.29, 0.717) is 33.5 Å². The van der Waals surface area contributed by atoms with Crippen LogP contribution in [0.2, 0.25) is 0 Å². The van der Waals surface area contributed by atoms with E-state index >= 15 is 0 Å². The summed E-state index contributed by atoms with van der Waals surface area (Å²) in [5.74, 6) is 0.536. The van der Waals surface area contributed by atoms with E-state index in [9.17, 15) is 4.79 Å². The Morgan fingerprint density at radius 2 is 2.21 bits per heavy atom. The largest absolute Gasteiger partial charge is 0.431 e. The average Bonchev–Trinajstić information content (AvgIpc) is 3.32. The highest BCUT2D eigenvalue weighted by molar-refractivity contribution is 7.13. The molecular formula is C17H16N4O2S. The molecule has 1 amide bonds. The number of amides is 1. The molecule has 3 atom stereocenters. The zero-order chi connectivity index (χ0) is 16.5. The Hall–Kier alpha value is -2.43. The van der Waals surface area contributed by atoms with Crippen LogP contribution in [0.3, 0.4) is 0 Å². The number of hydrogen-bond donors (Lipinski definition) is 2. The van der Waals surface area contributed by atoms with Gasteiger partial charge >= 0.3 is 0 Å². The molecule has 24 heavy (non-hydrogen) atoms. The first-order chi connectivity index (χ1) is 11.7. The second-order valence-corrected chi connectivity index (χ2v) is 7.08. The summed E-state index contributed by atoms with van der Waals surface area (Å²) >= 11 is 1.19. The topological polar surface area (TPSA) is 87.0 Å². The Kier molecular flexibility index (Phi) is 3.92. The predicted molar refractivity (Wildman–Crippen MR) is 89.2 cm³/mol. The summed E-state index contributed by atoms with van der Waals surface area (Å²) in [6.07, 6.45) is 4.85. The van der Waals surface area contributed by atoms with Gasteiger partial charge in [0.25, 0.3) is 11.1 Å². The number of fused-ring (bicyclic) bond motifs is 2. The number of nitrogens with one attached hydrogen (secondary N) is 2. The minimum atomic E-state index is -0.0538. The predicted octanol–water partition coefficient (Wildman–Crippen LogP) is 2.43. The van der Waals surface area contributed by atoms with Crippen LogP contribution in [0.4, 0.5) is 0 Å². The summed E-state index contributed by atoms with van der Waals surface area (Å²) < 4.78 is 5.58. The van der Waals surface area contributed by atoms with Crippen molar-refractivity contribution in [2.75, 3.05) is 0 Å². The second-order valence-electron chi connectivity index (χ2n) is 6.09. The summed E-state index contributed by atoms with van der Waals surface area (Å²) in [6, 6.07) is 10.2. The monoisotopic (exact) mass is 340 g/mol. The fraction of sp³-hybridized carbons (Fsp3) is 0.353. The van der Waals surface area contributed by atoms with Crippen molar-refractivity contribution in [3.63, 3.8) is 0 Å². The molecule has 1 aromatic heterocycles. The standard InChI is InChI=1S/C17H16N4O2S/c18-8-13-9-19-17(24-13)23-12-4-1-10(2-5-12)16(22)21-15-7-11-3-6-14(15)20-11/h1-2,4-5,9,11,14-15,20H,3,6-7H2,(H,21,22)/t11-,14+,15-/m1/s1. The molecule has 1 aromatic carbocycles. The SMILES string of the molecule is N#Cc1cnc(Oc2ccc(C(=O)N[C@@H]3C[C@H]4CC[C@@H]3N4)cc2)s1. The summed E-state index contributed by atoms with van der Waals surface area (Å²) in [6.45, 7) is 0. The van der Waals surface area contributed by atoms with Crippen molar-refractivity contribution in [2.45, 2.75) is 37.4 Å². The minimum Gasteiger partial charge on any atom is -0.431 e. The van der Waals surface area contributed by atoms with Gasteiger partial charge in [-0.3, -0.25) is 4.79 Å². The molecule has 4 rings (SSSR count). The smallest absolute Gasteiger partial charge is 0.279 e. The molecule has 2 aromatic rings. The maximum Gasteiger partial charge on any atom is 0.279 e. The van der Waals surface area contributed by atoms with Crippen molar-refractivity contribution in [3.8, 4) is 17.0 Å². The molecule has 2 aliphatic heterocycles. The number of nitrogens with zero attached hydrogens (tertiary/aromatic N) is 2. The van der Waals surface area contributed by atoms with E-state index in [2.05, 4.69) is 15.6 Å². The van der Waals surface area contributed by atoms with Gasteiger partial charge in [-0.1, -0.05) is 11.3 Å². The maximum absolute atomic E-state index is 12.4. The van der Waals surface area contributed by atoms with Crippen molar-refractivity contribution in [3.05, 3.63) is 40.9 Å². The molecule has 0 unspecified atom stereocenters. The molecule has 0 aliphatic carbocycles. The Bertz CT molecular complexity index is 796. The lowest BCUT2D eigenvalue weighted by Gasteiger charge is -2.21. The highest BCUT2D eigenvalue weighted by Crippen LogP contribution is 2.29. The van der Waals surface area contributed by atoms with Crippen LogP contribution in [0.25, 0.3) is 0 Å². The zero-order valence-electron chi connectivity index (χ0n) is 12.9. The molecule has 6 nitrogen and oxygen atoms in total. The Labute approximate surface area is 143 Å². The zero-order valence-corrected chi connectivity index (χ0v) is 13.7. The van der Waals surface area contributed by atoms with Crippen LogP contribution in [0, 0.1) is 11.3 Å². The number of carbonyl (C=O) groups excluding carboxylic acids is 1. The summed E-state index contributed by atoms with van der Waals surface area (Å²) in [5, 5.41) is 15.8. The van der Waals surface area contributed by atoms with Crippen molar-refractivity contribution >= 4 is 17.2 Å². The van der Waals surface area contributed by atoms with Gasteiger partial charge in [-0.25, -0.2) is 4.98 Å². The van der Waals surface area contributed by atoms with Gasteiger partial charge in [0.1, 0.15) is 16.7 Å². The Morgan fingerprint density at radius 1 is 1.38 bits per heavy atom. The molecule has 2 bridgehead atoms. The molecule has 7 heteroatoms.